The SMILES string of the molecule is CCN(CC)Cc1cccc[c]1[Bi]([Br])[c]1ccccc1CN(CC)CC. The monoisotopic (exact) mass is 612 g/mol. The second kappa shape index (κ2) is 11.5. The van der Waals surface area contributed by atoms with Gasteiger partial charge in [-0.1, -0.05) is 0 Å². The zero-order chi connectivity index (χ0) is 18.9. The number of hydrogen-bond donors (Lipinski definition) is 0. The van der Waals surface area contributed by atoms with Crippen LogP contribution in [0.1, 0.15) is 38.8 Å². The molecular formula is C22H32BiBrN2. The van der Waals surface area contributed by atoms with Crippen molar-refractivity contribution in [1.82, 2.24) is 9.80 Å². The normalized spacial score (nSPS) is 11.7. The van der Waals surface area contributed by atoms with Crippen molar-refractivity contribution in [2.24, 2.45) is 0 Å². The standard InChI is InChI=1S/2C11H16N.Bi.BrH/c2*1-3-12(4-2)10-11-8-6-5-7-9-11;;/h2*5-8H,3-4,10H2,1-2H3;;1H/q;;+1;/p-1. The van der Waals surface area contributed by atoms with Crippen LogP contribution in [-0.2, 0) is 13.1 Å². The zero-order valence-electron chi connectivity index (χ0n) is 16.6. The van der Waals surface area contributed by atoms with Crippen molar-refractivity contribution in [3.8, 4) is 0 Å². The average Bonchev–Trinajstić information content (AvgIpc) is 2.70. The van der Waals surface area contributed by atoms with Gasteiger partial charge in [0.25, 0.3) is 0 Å². The Bertz CT molecular complexity index is 611. The van der Waals surface area contributed by atoms with Crippen molar-refractivity contribution < 1.29 is 0 Å². The number of hydrogen-bond acceptors (Lipinski definition) is 2. The van der Waals surface area contributed by atoms with E-state index in [2.05, 4.69) is 98.2 Å². The number of benzene rings is 2. The van der Waals surface area contributed by atoms with Crippen molar-refractivity contribution in [3.63, 3.8) is 0 Å². The van der Waals surface area contributed by atoms with Gasteiger partial charge in [-0.3, -0.25) is 0 Å². The first-order chi connectivity index (χ1) is 12.6. The van der Waals surface area contributed by atoms with E-state index in [4.69, 9.17) is 0 Å². The molecule has 0 saturated carbocycles. The van der Waals surface area contributed by atoms with Crippen molar-refractivity contribution in [1.29, 1.82) is 0 Å². The summed E-state index contributed by atoms with van der Waals surface area (Å²) in [6.07, 6.45) is 0. The summed E-state index contributed by atoms with van der Waals surface area (Å²) >= 11 is 2.07. The van der Waals surface area contributed by atoms with Gasteiger partial charge in [-0.05, 0) is 0 Å². The fraction of sp³-hybridized carbons (Fsp3) is 0.455. The van der Waals surface area contributed by atoms with Gasteiger partial charge in [-0.25, -0.2) is 0 Å². The fourth-order valence-electron chi connectivity index (χ4n) is 3.18. The molecule has 2 aromatic carbocycles. The van der Waals surface area contributed by atoms with Crippen molar-refractivity contribution in [2.75, 3.05) is 26.2 Å². The van der Waals surface area contributed by atoms with Crippen molar-refractivity contribution in [2.45, 2.75) is 40.8 Å². The molecule has 0 N–H and O–H groups in total. The van der Waals surface area contributed by atoms with E-state index in [1.54, 1.807) is 6.54 Å². The van der Waals surface area contributed by atoms with E-state index in [0.29, 0.717) is 0 Å². The van der Waals surface area contributed by atoms with E-state index in [1.807, 2.05) is 0 Å². The molecule has 0 amide bonds. The summed E-state index contributed by atoms with van der Waals surface area (Å²) in [5.41, 5.74) is 3.01. The molecular weight excluding hydrogens is 581 g/mol. The summed E-state index contributed by atoms with van der Waals surface area (Å²) in [5, 5.41) is 0. The summed E-state index contributed by atoms with van der Waals surface area (Å²) in [5.74, 6) is 0. The van der Waals surface area contributed by atoms with Crippen LogP contribution in [0.25, 0.3) is 0 Å². The van der Waals surface area contributed by atoms with Gasteiger partial charge in [0.15, 0.2) is 0 Å². The third-order valence-corrected chi connectivity index (χ3v) is 18.4. The first-order valence-corrected chi connectivity index (χ1v) is 20.7. The van der Waals surface area contributed by atoms with Crippen LogP contribution in [0, 0.1) is 0 Å². The van der Waals surface area contributed by atoms with Gasteiger partial charge in [0, 0.05) is 0 Å². The van der Waals surface area contributed by atoms with E-state index < -0.39 is 19.4 Å². The summed E-state index contributed by atoms with van der Waals surface area (Å²) in [4.78, 5) is 5.01. The molecule has 0 spiro atoms. The maximum atomic E-state index is 4.23. The summed E-state index contributed by atoms with van der Waals surface area (Å²) in [6, 6.07) is 18.2. The molecule has 26 heavy (non-hydrogen) atoms. The van der Waals surface area contributed by atoms with Crippen LogP contribution in [-0.4, -0.2) is 55.4 Å². The predicted octanol–water partition coefficient (Wildman–Crippen LogP) is 3.87. The van der Waals surface area contributed by atoms with E-state index in [-0.39, 0.29) is 0 Å². The van der Waals surface area contributed by atoms with Gasteiger partial charge in [-0.2, -0.15) is 0 Å². The molecule has 0 aromatic heterocycles. The maximum absolute atomic E-state index is 4.23. The van der Waals surface area contributed by atoms with Gasteiger partial charge < -0.3 is 0 Å². The molecule has 0 saturated heterocycles. The molecule has 0 aliphatic carbocycles. The van der Waals surface area contributed by atoms with Crippen LogP contribution < -0.4 is 6.54 Å². The molecule has 0 aliphatic heterocycles. The van der Waals surface area contributed by atoms with Gasteiger partial charge in [-0.15, -0.1) is 0 Å². The molecule has 0 radical (unpaired) electrons. The Morgan fingerprint density at radius 2 is 1.00 bits per heavy atom. The molecule has 0 bridgehead atoms. The first kappa shape index (κ1) is 22.0. The average molecular weight is 613 g/mol. The Balaban J connectivity index is 2.34. The van der Waals surface area contributed by atoms with E-state index in [1.165, 1.54) is 11.1 Å². The van der Waals surface area contributed by atoms with Crippen molar-refractivity contribution >= 4 is 38.2 Å². The van der Waals surface area contributed by atoms with Crippen molar-refractivity contribution in [3.05, 3.63) is 59.7 Å². The fourth-order valence-corrected chi connectivity index (χ4v) is 15.0. The topological polar surface area (TPSA) is 6.48 Å². The zero-order valence-corrected chi connectivity index (χ0v) is 21.6. The Hall–Kier alpha value is -0.277. The molecule has 142 valence electrons. The van der Waals surface area contributed by atoms with Gasteiger partial charge >= 0.3 is 175 Å². The van der Waals surface area contributed by atoms with E-state index >= 15 is 0 Å². The molecule has 0 fully saturated rings. The molecule has 0 heterocycles. The third kappa shape index (κ3) is 5.86. The molecule has 0 atom stereocenters. The third-order valence-electron chi connectivity index (χ3n) is 4.98. The second-order valence-electron chi connectivity index (χ2n) is 6.46. The Kier molecular flexibility index (Phi) is 9.77. The Labute approximate surface area is 173 Å². The predicted molar refractivity (Wildman–Crippen MR) is 120 cm³/mol. The number of nitrogens with zero attached hydrogens (tertiary/aromatic N) is 2. The van der Waals surface area contributed by atoms with Crippen LogP contribution in [0.5, 0.6) is 0 Å². The molecule has 4 heteroatoms. The minimum absolute atomic E-state index is 1.05. The number of halogens is 1. The minimum atomic E-state index is -2.16. The molecule has 2 aromatic rings. The van der Waals surface area contributed by atoms with Gasteiger partial charge in [0.2, 0.25) is 0 Å². The number of rotatable bonds is 10. The summed E-state index contributed by atoms with van der Waals surface area (Å²) < 4.78 is 3.17. The van der Waals surface area contributed by atoms with Crippen LogP contribution in [0.3, 0.4) is 0 Å². The molecule has 0 aliphatic rings. The molecule has 2 nitrogen and oxygen atoms in total. The second-order valence-corrected chi connectivity index (χ2v) is 18.6. The molecule has 2 rings (SSSR count). The summed E-state index contributed by atoms with van der Waals surface area (Å²) in [6.45, 7) is 15.5. The van der Waals surface area contributed by atoms with E-state index in [0.717, 1.165) is 39.3 Å². The quantitative estimate of drug-likeness (QED) is 0.376. The molecule has 0 unspecified atom stereocenters. The summed E-state index contributed by atoms with van der Waals surface area (Å²) in [7, 11) is 0. The van der Waals surface area contributed by atoms with Crippen LogP contribution >= 0.6 is 12.2 Å². The van der Waals surface area contributed by atoms with Gasteiger partial charge in [0.05, 0.1) is 0 Å². The van der Waals surface area contributed by atoms with E-state index in [9.17, 15) is 0 Å². The van der Waals surface area contributed by atoms with Crippen LogP contribution in [0.2, 0.25) is 0 Å². The van der Waals surface area contributed by atoms with Crippen LogP contribution in [0.15, 0.2) is 48.5 Å². The Morgan fingerprint density at radius 3 is 1.35 bits per heavy atom. The Morgan fingerprint density at radius 1 is 0.654 bits per heavy atom. The van der Waals surface area contributed by atoms with Gasteiger partial charge in [0.1, 0.15) is 0 Å². The van der Waals surface area contributed by atoms with Crippen LogP contribution in [0.4, 0.5) is 0 Å². The first-order valence-electron chi connectivity index (χ1n) is 9.70.